The number of esters is 1. The minimum atomic E-state index is -0.573. The third kappa shape index (κ3) is 4.34. The topological polar surface area (TPSA) is 93.3 Å². The number of carbonyl (C=O) groups is 2. The molecule has 7 heteroatoms. The van der Waals surface area contributed by atoms with Crippen LogP contribution in [-0.4, -0.2) is 35.3 Å². The minimum absolute atomic E-state index is 0.354. The number of hydrogen-bond donors (Lipinski definition) is 2. The summed E-state index contributed by atoms with van der Waals surface area (Å²) in [6, 6.07) is 8.19. The van der Waals surface area contributed by atoms with Gasteiger partial charge >= 0.3 is 5.97 Å². The molecule has 1 aromatic heterocycles. The smallest absolute Gasteiger partial charge is 0.338 e. The Labute approximate surface area is 127 Å². The van der Waals surface area contributed by atoms with Gasteiger partial charge in [-0.15, -0.1) is 0 Å². The first kappa shape index (κ1) is 15.6. The van der Waals surface area contributed by atoms with Gasteiger partial charge in [0.15, 0.2) is 12.4 Å². The van der Waals surface area contributed by atoms with Crippen molar-refractivity contribution < 1.29 is 19.1 Å². The van der Waals surface area contributed by atoms with E-state index in [2.05, 4.69) is 15.5 Å². The highest BCUT2D eigenvalue weighted by Gasteiger charge is 2.11. The second kappa shape index (κ2) is 7.26. The molecular formula is C15H17N3O4. The Morgan fingerprint density at radius 1 is 1.27 bits per heavy atom. The van der Waals surface area contributed by atoms with Gasteiger partial charge in [-0.3, -0.25) is 9.89 Å². The Bertz CT molecular complexity index is 649. The van der Waals surface area contributed by atoms with E-state index in [-0.39, 0.29) is 6.61 Å². The number of amides is 1. The summed E-state index contributed by atoms with van der Waals surface area (Å²) >= 11 is 0. The zero-order valence-corrected chi connectivity index (χ0v) is 12.4. The van der Waals surface area contributed by atoms with Crippen molar-refractivity contribution in [1.29, 1.82) is 0 Å². The quantitative estimate of drug-likeness (QED) is 0.795. The lowest BCUT2D eigenvalue weighted by Gasteiger charge is -2.06. The average Bonchev–Trinajstić information content (AvgIpc) is 2.91. The van der Waals surface area contributed by atoms with E-state index < -0.39 is 11.9 Å². The molecule has 2 N–H and O–H groups in total. The van der Waals surface area contributed by atoms with Crippen LogP contribution < -0.4 is 10.1 Å². The van der Waals surface area contributed by atoms with Gasteiger partial charge in [0.1, 0.15) is 5.75 Å². The molecule has 0 aliphatic rings. The summed E-state index contributed by atoms with van der Waals surface area (Å²) in [5.74, 6) is 0.0347. The number of aryl methyl sites for hydroxylation is 1. The van der Waals surface area contributed by atoms with Crippen molar-refractivity contribution in [3.63, 3.8) is 0 Å². The van der Waals surface area contributed by atoms with Crippen molar-refractivity contribution in [2.75, 3.05) is 18.5 Å². The first-order chi connectivity index (χ1) is 10.6. The minimum Gasteiger partial charge on any atom is -0.494 e. The van der Waals surface area contributed by atoms with Crippen LogP contribution in [0.2, 0.25) is 0 Å². The first-order valence-corrected chi connectivity index (χ1v) is 6.80. The van der Waals surface area contributed by atoms with E-state index >= 15 is 0 Å². The zero-order chi connectivity index (χ0) is 15.9. The van der Waals surface area contributed by atoms with Crippen LogP contribution in [0.5, 0.6) is 5.75 Å². The third-order valence-electron chi connectivity index (χ3n) is 2.71. The van der Waals surface area contributed by atoms with Crippen molar-refractivity contribution in [2.24, 2.45) is 0 Å². The van der Waals surface area contributed by atoms with E-state index in [4.69, 9.17) is 9.47 Å². The van der Waals surface area contributed by atoms with Crippen LogP contribution in [0, 0.1) is 6.92 Å². The Kier molecular flexibility index (Phi) is 5.13. The van der Waals surface area contributed by atoms with Crippen LogP contribution in [0.15, 0.2) is 30.3 Å². The summed E-state index contributed by atoms with van der Waals surface area (Å²) in [6.07, 6.45) is 0. The summed E-state index contributed by atoms with van der Waals surface area (Å²) in [7, 11) is 0. The Morgan fingerprint density at radius 3 is 2.59 bits per heavy atom. The van der Waals surface area contributed by atoms with E-state index in [0.717, 1.165) is 5.69 Å². The van der Waals surface area contributed by atoms with Crippen LogP contribution in [0.1, 0.15) is 23.0 Å². The van der Waals surface area contributed by atoms with E-state index in [0.29, 0.717) is 23.7 Å². The zero-order valence-electron chi connectivity index (χ0n) is 12.4. The summed E-state index contributed by atoms with van der Waals surface area (Å²) in [4.78, 5) is 23.4. The number of ether oxygens (including phenoxy) is 2. The van der Waals surface area contributed by atoms with E-state index in [9.17, 15) is 9.59 Å². The number of H-pyrrole nitrogens is 1. The molecule has 7 nitrogen and oxygen atoms in total. The molecular weight excluding hydrogens is 286 g/mol. The molecule has 0 atom stereocenters. The molecule has 2 aromatic rings. The lowest BCUT2D eigenvalue weighted by Crippen LogP contribution is -2.21. The molecule has 1 amide bonds. The third-order valence-corrected chi connectivity index (χ3v) is 2.71. The molecule has 2 rings (SSSR count). The van der Waals surface area contributed by atoms with Crippen LogP contribution in [0.25, 0.3) is 0 Å². The largest absolute Gasteiger partial charge is 0.494 e. The molecule has 116 valence electrons. The fraction of sp³-hybridized carbons (Fsp3) is 0.267. The van der Waals surface area contributed by atoms with Crippen LogP contribution in [0.3, 0.4) is 0 Å². The van der Waals surface area contributed by atoms with Gasteiger partial charge in [-0.05, 0) is 38.1 Å². The fourth-order valence-corrected chi connectivity index (χ4v) is 1.73. The number of rotatable bonds is 6. The first-order valence-electron chi connectivity index (χ1n) is 6.80. The maximum atomic E-state index is 11.8. The van der Waals surface area contributed by atoms with Gasteiger partial charge < -0.3 is 14.8 Å². The van der Waals surface area contributed by atoms with Crippen molar-refractivity contribution in [2.45, 2.75) is 13.8 Å². The van der Waals surface area contributed by atoms with Crippen molar-refractivity contribution >= 4 is 17.7 Å². The molecule has 0 aliphatic carbocycles. The molecule has 0 spiro atoms. The van der Waals surface area contributed by atoms with Crippen LogP contribution >= 0.6 is 0 Å². The normalized spacial score (nSPS) is 10.1. The second-order valence-electron chi connectivity index (χ2n) is 4.52. The molecule has 22 heavy (non-hydrogen) atoms. The maximum Gasteiger partial charge on any atom is 0.338 e. The number of carbonyl (C=O) groups excluding carboxylic acids is 2. The number of nitrogens with zero attached hydrogens (tertiary/aromatic N) is 1. The highest BCUT2D eigenvalue weighted by atomic mass is 16.5. The lowest BCUT2D eigenvalue weighted by atomic mass is 10.2. The number of benzene rings is 1. The van der Waals surface area contributed by atoms with Crippen molar-refractivity contribution in [3.8, 4) is 5.75 Å². The predicted molar refractivity (Wildman–Crippen MR) is 79.8 cm³/mol. The molecule has 0 radical (unpaired) electrons. The van der Waals surface area contributed by atoms with Gasteiger partial charge in [0.2, 0.25) is 0 Å². The molecule has 0 saturated carbocycles. The van der Waals surface area contributed by atoms with Crippen molar-refractivity contribution in [1.82, 2.24) is 10.2 Å². The summed E-state index contributed by atoms with van der Waals surface area (Å²) in [5.41, 5.74) is 1.17. The van der Waals surface area contributed by atoms with E-state index in [1.54, 1.807) is 30.3 Å². The number of aromatic nitrogens is 2. The molecule has 0 fully saturated rings. The van der Waals surface area contributed by atoms with Gasteiger partial charge in [0.25, 0.3) is 5.91 Å². The standard InChI is InChI=1S/C15H17N3O4/c1-3-21-12-6-4-11(5-7-12)15(20)22-9-14(19)16-13-8-10(2)17-18-13/h4-8H,3,9H2,1-2H3,(H2,16,17,18,19). The molecule has 0 saturated heterocycles. The molecule has 1 heterocycles. The Hall–Kier alpha value is -2.83. The Balaban J connectivity index is 1.82. The summed E-state index contributed by atoms with van der Waals surface area (Å²) < 4.78 is 10.2. The van der Waals surface area contributed by atoms with Gasteiger partial charge in [-0.1, -0.05) is 0 Å². The van der Waals surface area contributed by atoms with Gasteiger partial charge in [-0.2, -0.15) is 5.10 Å². The predicted octanol–water partition coefficient (Wildman–Crippen LogP) is 1.91. The fourth-order valence-electron chi connectivity index (χ4n) is 1.73. The highest BCUT2D eigenvalue weighted by molar-refractivity contribution is 5.95. The van der Waals surface area contributed by atoms with Gasteiger partial charge in [0, 0.05) is 11.8 Å². The highest BCUT2D eigenvalue weighted by Crippen LogP contribution is 2.13. The van der Waals surface area contributed by atoms with Gasteiger partial charge in [0.05, 0.1) is 12.2 Å². The summed E-state index contributed by atoms with van der Waals surface area (Å²) in [5, 5.41) is 9.07. The second-order valence-corrected chi connectivity index (χ2v) is 4.52. The van der Waals surface area contributed by atoms with E-state index in [1.807, 2.05) is 13.8 Å². The van der Waals surface area contributed by atoms with Crippen LogP contribution in [0.4, 0.5) is 5.82 Å². The molecule has 0 aliphatic heterocycles. The van der Waals surface area contributed by atoms with Crippen LogP contribution in [-0.2, 0) is 9.53 Å². The lowest BCUT2D eigenvalue weighted by molar-refractivity contribution is -0.119. The number of nitrogens with one attached hydrogen (secondary N) is 2. The number of anilines is 1. The SMILES string of the molecule is CCOc1ccc(C(=O)OCC(=O)Nc2cc(C)[nH]n2)cc1. The van der Waals surface area contributed by atoms with Crippen molar-refractivity contribution in [3.05, 3.63) is 41.6 Å². The average molecular weight is 303 g/mol. The summed E-state index contributed by atoms with van der Waals surface area (Å²) in [6.45, 7) is 3.87. The number of hydrogen-bond acceptors (Lipinski definition) is 5. The molecule has 0 unspecified atom stereocenters. The molecule has 1 aromatic carbocycles. The Morgan fingerprint density at radius 2 is 2.00 bits per heavy atom. The number of aromatic amines is 1. The van der Waals surface area contributed by atoms with E-state index in [1.165, 1.54) is 0 Å². The van der Waals surface area contributed by atoms with Gasteiger partial charge in [-0.25, -0.2) is 4.79 Å². The molecule has 0 bridgehead atoms. The monoisotopic (exact) mass is 303 g/mol. The maximum absolute atomic E-state index is 11.8.